The highest BCUT2D eigenvalue weighted by atomic mass is 32.1. The molecule has 0 amide bonds. The van der Waals surface area contributed by atoms with Gasteiger partial charge in [0.15, 0.2) is 0 Å². The topological polar surface area (TPSA) is 37.3 Å². The average molecular weight is 319 g/mol. The summed E-state index contributed by atoms with van der Waals surface area (Å²) in [5.74, 6) is 0.832. The second kappa shape index (κ2) is 6.94. The van der Waals surface area contributed by atoms with Crippen LogP contribution in [0, 0.1) is 5.92 Å². The van der Waals surface area contributed by atoms with E-state index < -0.39 is 0 Å². The Labute approximate surface area is 135 Å². The van der Waals surface area contributed by atoms with Crippen LogP contribution in [0.3, 0.4) is 0 Å². The van der Waals surface area contributed by atoms with Gasteiger partial charge in [-0.25, -0.2) is 0 Å². The highest BCUT2D eigenvalue weighted by molar-refractivity contribution is 7.16. The van der Waals surface area contributed by atoms with E-state index in [1.807, 2.05) is 7.05 Å². The van der Waals surface area contributed by atoms with Gasteiger partial charge in [-0.1, -0.05) is 24.3 Å². The van der Waals surface area contributed by atoms with Crippen LogP contribution in [0.5, 0.6) is 0 Å². The van der Waals surface area contributed by atoms with E-state index >= 15 is 0 Å². The number of fused-ring (bicyclic) bond motifs is 1. The molecule has 120 valence electrons. The van der Waals surface area contributed by atoms with Crippen LogP contribution in [0.4, 0.5) is 0 Å². The van der Waals surface area contributed by atoms with Gasteiger partial charge in [-0.15, -0.1) is 0 Å². The van der Waals surface area contributed by atoms with Gasteiger partial charge in [0.1, 0.15) is 0 Å². The van der Waals surface area contributed by atoms with Crippen molar-refractivity contribution in [2.75, 3.05) is 26.2 Å². The normalized spacial score (nSPS) is 17.4. The molecule has 2 heterocycles. The first-order valence-electron chi connectivity index (χ1n) is 8.19. The van der Waals surface area contributed by atoms with Gasteiger partial charge in [0.2, 0.25) is 0 Å². The van der Waals surface area contributed by atoms with Crippen LogP contribution in [0.1, 0.15) is 25.3 Å². The largest absolute Gasteiger partial charge is 0.317 e. The van der Waals surface area contributed by atoms with Crippen molar-refractivity contribution in [3.05, 3.63) is 33.4 Å². The van der Waals surface area contributed by atoms with Gasteiger partial charge in [-0.05, 0) is 62.6 Å². The van der Waals surface area contributed by atoms with Crippen molar-refractivity contribution < 1.29 is 0 Å². The highest BCUT2D eigenvalue weighted by Crippen LogP contribution is 2.22. The number of rotatable bonds is 5. The second-order valence-corrected chi connectivity index (χ2v) is 7.25. The average Bonchev–Trinajstić information content (AvgIpc) is 2.81. The Balaban J connectivity index is 1.61. The Morgan fingerprint density at radius 1 is 1.32 bits per heavy atom. The molecule has 1 aliphatic heterocycles. The number of likely N-dealkylation sites (tertiary alicyclic amines) is 1. The zero-order chi connectivity index (χ0) is 15.5. The van der Waals surface area contributed by atoms with Gasteiger partial charge in [0.25, 0.3) is 0 Å². The number of benzene rings is 1. The number of hydrogen-bond donors (Lipinski definition) is 1. The molecule has 0 bridgehead atoms. The Kier molecular flexibility index (Phi) is 4.96. The summed E-state index contributed by atoms with van der Waals surface area (Å²) in [5, 5.41) is 3.46. The Hall–Kier alpha value is -1.17. The maximum Gasteiger partial charge on any atom is 0.307 e. The lowest BCUT2D eigenvalue weighted by Gasteiger charge is -2.32. The van der Waals surface area contributed by atoms with Gasteiger partial charge < -0.3 is 9.88 Å². The van der Waals surface area contributed by atoms with Crippen LogP contribution >= 0.6 is 11.3 Å². The van der Waals surface area contributed by atoms with Crippen molar-refractivity contribution in [3.8, 4) is 0 Å². The number of nitrogens with one attached hydrogen (secondary N) is 1. The minimum atomic E-state index is 0.122. The molecule has 0 unspecified atom stereocenters. The summed E-state index contributed by atoms with van der Waals surface area (Å²) in [6.45, 7) is 7.76. The van der Waals surface area contributed by atoms with E-state index in [4.69, 9.17) is 0 Å². The summed E-state index contributed by atoms with van der Waals surface area (Å²) in [7, 11) is 1.84. The van der Waals surface area contributed by atoms with Crippen molar-refractivity contribution in [2.24, 2.45) is 13.0 Å². The number of nitrogens with zero attached hydrogens (tertiary/aromatic N) is 2. The third kappa shape index (κ3) is 3.42. The fourth-order valence-electron chi connectivity index (χ4n) is 3.23. The van der Waals surface area contributed by atoms with Crippen molar-refractivity contribution in [3.63, 3.8) is 0 Å². The van der Waals surface area contributed by atoms with Crippen molar-refractivity contribution in [2.45, 2.75) is 26.3 Å². The molecule has 1 aromatic carbocycles. The fourth-order valence-corrected chi connectivity index (χ4v) is 4.18. The smallest absolute Gasteiger partial charge is 0.307 e. The summed E-state index contributed by atoms with van der Waals surface area (Å²) >= 11 is 1.35. The highest BCUT2D eigenvalue weighted by Gasteiger charge is 2.19. The number of aromatic nitrogens is 1. The van der Waals surface area contributed by atoms with Crippen LogP contribution in [-0.4, -0.2) is 35.6 Å². The third-order valence-electron chi connectivity index (χ3n) is 4.65. The van der Waals surface area contributed by atoms with Gasteiger partial charge >= 0.3 is 4.87 Å². The Bertz CT molecular complexity index is 683. The Morgan fingerprint density at radius 2 is 2.09 bits per heavy atom. The third-order valence-corrected chi connectivity index (χ3v) is 5.65. The van der Waals surface area contributed by atoms with Crippen LogP contribution in [-0.2, 0) is 13.6 Å². The van der Waals surface area contributed by atoms with Crippen LogP contribution in [0.15, 0.2) is 23.0 Å². The predicted molar refractivity (Wildman–Crippen MR) is 93.6 cm³/mol. The van der Waals surface area contributed by atoms with Crippen molar-refractivity contribution >= 4 is 21.6 Å². The zero-order valence-electron chi connectivity index (χ0n) is 13.5. The van der Waals surface area contributed by atoms with Crippen molar-refractivity contribution in [1.82, 2.24) is 14.8 Å². The van der Waals surface area contributed by atoms with Crippen LogP contribution < -0.4 is 10.2 Å². The van der Waals surface area contributed by atoms with E-state index in [1.165, 1.54) is 42.8 Å². The standard InChI is InChI=1S/C17H25N3OS/c1-3-18-11-13-6-8-20(9-7-13)12-14-4-5-15-16(10-14)22-17(21)19(15)2/h4-5,10,13,18H,3,6-9,11-12H2,1-2H3. The lowest BCUT2D eigenvalue weighted by atomic mass is 9.96. The molecule has 1 aliphatic rings. The first-order chi connectivity index (χ1) is 10.7. The number of thiazole rings is 1. The Morgan fingerprint density at radius 3 is 2.82 bits per heavy atom. The molecule has 0 saturated carbocycles. The molecular weight excluding hydrogens is 294 g/mol. The number of aryl methyl sites for hydroxylation is 1. The summed E-state index contributed by atoms with van der Waals surface area (Å²) in [5.41, 5.74) is 2.36. The van der Waals surface area contributed by atoms with Gasteiger partial charge in [0, 0.05) is 13.6 Å². The van der Waals surface area contributed by atoms with Crippen LogP contribution in [0.25, 0.3) is 10.2 Å². The molecular formula is C17H25N3OS. The number of piperidine rings is 1. The minimum Gasteiger partial charge on any atom is -0.317 e. The van der Waals surface area contributed by atoms with E-state index in [9.17, 15) is 4.79 Å². The van der Waals surface area contributed by atoms with Gasteiger partial charge in [-0.3, -0.25) is 9.69 Å². The van der Waals surface area contributed by atoms with Crippen LogP contribution in [0.2, 0.25) is 0 Å². The van der Waals surface area contributed by atoms with E-state index in [-0.39, 0.29) is 4.87 Å². The predicted octanol–water partition coefficient (Wildman–Crippen LogP) is 2.42. The molecule has 0 spiro atoms. The molecule has 1 saturated heterocycles. The lowest BCUT2D eigenvalue weighted by molar-refractivity contribution is 0.176. The maximum atomic E-state index is 11.7. The summed E-state index contributed by atoms with van der Waals surface area (Å²) in [6.07, 6.45) is 2.57. The van der Waals surface area contributed by atoms with E-state index in [1.54, 1.807) is 4.57 Å². The molecule has 1 fully saturated rings. The molecule has 2 aromatic rings. The molecule has 1 aromatic heterocycles. The molecule has 22 heavy (non-hydrogen) atoms. The first kappa shape index (κ1) is 15.7. The SMILES string of the molecule is CCNCC1CCN(Cc2ccc3c(c2)sc(=O)n3C)CC1. The summed E-state index contributed by atoms with van der Waals surface area (Å²) in [4.78, 5) is 14.4. The van der Waals surface area contributed by atoms with Gasteiger partial charge in [0.05, 0.1) is 10.2 Å². The molecule has 5 heteroatoms. The van der Waals surface area contributed by atoms with E-state index in [0.29, 0.717) is 0 Å². The molecule has 3 rings (SSSR count). The molecule has 1 N–H and O–H groups in total. The first-order valence-corrected chi connectivity index (χ1v) is 9.00. The summed E-state index contributed by atoms with van der Waals surface area (Å²) < 4.78 is 2.84. The fraction of sp³-hybridized carbons (Fsp3) is 0.588. The maximum absolute atomic E-state index is 11.7. The lowest BCUT2D eigenvalue weighted by Crippen LogP contribution is -2.36. The monoisotopic (exact) mass is 319 g/mol. The number of hydrogen-bond acceptors (Lipinski definition) is 4. The molecule has 0 atom stereocenters. The summed E-state index contributed by atoms with van der Waals surface area (Å²) in [6, 6.07) is 6.44. The van der Waals surface area contributed by atoms with E-state index in [0.717, 1.165) is 35.8 Å². The quantitative estimate of drug-likeness (QED) is 0.920. The second-order valence-electron chi connectivity index (χ2n) is 6.26. The molecule has 0 radical (unpaired) electrons. The minimum absolute atomic E-state index is 0.122. The molecule has 0 aliphatic carbocycles. The zero-order valence-corrected chi connectivity index (χ0v) is 14.3. The van der Waals surface area contributed by atoms with E-state index in [2.05, 4.69) is 35.3 Å². The van der Waals surface area contributed by atoms with Gasteiger partial charge in [-0.2, -0.15) is 0 Å². The molecule has 4 nitrogen and oxygen atoms in total. The van der Waals surface area contributed by atoms with Crippen molar-refractivity contribution in [1.29, 1.82) is 0 Å².